The molecule has 0 aliphatic carbocycles. The molecule has 4 rings (SSSR count). The molecule has 3 aromatic rings. The zero-order valence-electron chi connectivity index (χ0n) is 14.2. The van der Waals surface area contributed by atoms with Crippen LogP contribution in [0.25, 0.3) is 0 Å². The predicted octanol–water partition coefficient (Wildman–Crippen LogP) is 5.62. The normalized spacial score (nSPS) is 18.8. The molecule has 3 aromatic carbocycles. The van der Waals surface area contributed by atoms with E-state index in [4.69, 9.17) is 9.73 Å². The molecule has 1 aliphatic rings. The third-order valence-corrected chi connectivity index (χ3v) is 5.45. The van der Waals surface area contributed by atoms with Gasteiger partial charge in [-0.1, -0.05) is 60.2 Å². The summed E-state index contributed by atoms with van der Waals surface area (Å²) in [5, 5.41) is 0. The Morgan fingerprint density at radius 1 is 0.880 bits per heavy atom. The van der Waals surface area contributed by atoms with Crippen LogP contribution in [0.2, 0.25) is 0 Å². The fourth-order valence-corrected chi connectivity index (χ4v) is 3.84. The Balaban J connectivity index is 1.98. The number of hydrogen-bond donors (Lipinski definition) is 0. The van der Waals surface area contributed by atoms with Crippen molar-refractivity contribution in [3.8, 4) is 0 Å². The topological polar surface area (TPSA) is 21.6 Å². The van der Waals surface area contributed by atoms with E-state index in [0.717, 1.165) is 28.1 Å². The van der Waals surface area contributed by atoms with Gasteiger partial charge in [-0.05, 0) is 58.8 Å². The van der Waals surface area contributed by atoms with Crippen molar-refractivity contribution in [2.75, 3.05) is 7.11 Å². The first-order valence-corrected chi connectivity index (χ1v) is 9.30. The Kier molecular flexibility index (Phi) is 4.21. The fraction of sp³-hybridized carbons (Fsp3) is 0.136. The van der Waals surface area contributed by atoms with Crippen molar-refractivity contribution in [2.24, 2.45) is 4.99 Å². The molecule has 0 spiro atoms. The van der Waals surface area contributed by atoms with Crippen LogP contribution in [0, 0.1) is 10.5 Å². The molecule has 0 bridgehead atoms. The number of aryl methyl sites for hydroxylation is 1. The first-order valence-electron chi connectivity index (χ1n) is 8.22. The van der Waals surface area contributed by atoms with E-state index in [9.17, 15) is 0 Å². The number of halogens is 1. The lowest BCUT2D eigenvalue weighted by atomic mass is 9.80. The monoisotopic (exact) mass is 439 g/mol. The SMILES string of the molecule is COC1(c2ccc(I)cc2)C(c2ccc(C)cc2)=Nc2ccccc21. The molecule has 0 radical (unpaired) electrons. The van der Waals surface area contributed by atoms with Gasteiger partial charge >= 0.3 is 0 Å². The van der Waals surface area contributed by atoms with E-state index in [1.54, 1.807) is 7.11 Å². The van der Waals surface area contributed by atoms with Gasteiger partial charge in [0.1, 0.15) is 0 Å². The highest BCUT2D eigenvalue weighted by atomic mass is 127. The van der Waals surface area contributed by atoms with E-state index in [-0.39, 0.29) is 0 Å². The Bertz CT molecular complexity index is 945. The second-order valence-electron chi connectivity index (χ2n) is 6.24. The van der Waals surface area contributed by atoms with Gasteiger partial charge < -0.3 is 4.74 Å². The van der Waals surface area contributed by atoms with Crippen molar-refractivity contribution in [3.63, 3.8) is 0 Å². The third kappa shape index (κ3) is 2.62. The summed E-state index contributed by atoms with van der Waals surface area (Å²) >= 11 is 2.33. The molecule has 0 saturated carbocycles. The molecule has 0 fully saturated rings. The number of benzene rings is 3. The largest absolute Gasteiger partial charge is 0.362 e. The third-order valence-electron chi connectivity index (χ3n) is 4.73. The van der Waals surface area contributed by atoms with Crippen LogP contribution in [0.5, 0.6) is 0 Å². The molecule has 0 aromatic heterocycles. The van der Waals surface area contributed by atoms with E-state index in [1.165, 1.54) is 9.13 Å². The van der Waals surface area contributed by atoms with Gasteiger partial charge in [-0.3, -0.25) is 0 Å². The van der Waals surface area contributed by atoms with Gasteiger partial charge in [0.15, 0.2) is 5.60 Å². The summed E-state index contributed by atoms with van der Waals surface area (Å²) < 4.78 is 7.42. The maximum atomic E-state index is 6.22. The molecule has 2 nitrogen and oxygen atoms in total. The number of rotatable bonds is 3. The van der Waals surface area contributed by atoms with Crippen LogP contribution in [0.4, 0.5) is 5.69 Å². The summed E-state index contributed by atoms with van der Waals surface area (Å²) in [6, 6.07) is 25.2. The average molecular weight is 439 g/mol. The molecule has 1 atom stereocenters. The first-order chi connectivity index (χ1) is 12.1. The lowest BCUT2D eigenvalue weighted by Crippen LogP contribution is -2.37. The molecule has 1 unspecified atom stereocenters. The molecule has 1 heterocycles. The number of ether oxygens (including phenoxy) is 1. The van der Waals surface area contributed by atoms with Crippen LogP contribution in [-0.4, -0.2) is 12.8 Å². The molecule has 0 saturated heterocycles. The summed E-state index contributed by atoms with van der Waals surface area (Å²) in [5.74, 6) is 0. The molecule has 0 N–H and O–H groups in total. The van der Waals surface area contributed by atoms with Gasteiger partial charge in [0.25, 0.3) is 0 Å². The Morgan fingerprint density at radius 3 is 2.24 bits per heavy atom. The number of methoxy groups -OCH3 is 1. The van der Waals surface area contributed by atoms with E-state index in [2.05, 4.69) is 90.2 Å². The predicted molar refractivity (Wildman–Crippen MR) is 111 cm³/mol. The van der Waals surface area contributed by atoms with Crippen LogP contribution in [0.1, 0.15) is 22.3 Å². The second kappa shape index (κ2) is 6.39. The number of hydrogen-bond acceptors (Lipinski definition) is 2. The Hall–Kier alpha value is -1.98. The van der Waals surface area contributed by atoms with Gasteiger partial charge in [-0.15, -0.1) is 0 Å². The highest BCUT2D eigenvalue weighted by Gasteiger charge is 2.46. The van der Waals surface area contributed by atoms with E-state index in [1.807, 2.05) is 12.1 Å². The lowest BCUT2D eigenvalue weighted by Gasteiger charge is -2.31. The maximum absolute atomic E-state index is 6.22. The summed E-state index contributed by atoms with van der Waals surface area (Å²) in [5.41, 5.74) is 5.74. The summed E-state index contributed by atoms with van der Waals surface area (Å²) in [7, 11) is 1.77. The molecule has 1 aliphatic heterocycles. The molecule has 0 amide bonds. The molecular weight excluding hydrogens is 421 g/mol. The van der Waals surface area contributed by atoms with Crippen molar-refractivity contribution in [2.45, 2.75) is 12.5 Å². The summed E-state index contributed by atoms with van der Waals surface area (Å²) in [6.07, 6.45) is 0. The maximum Gasteiger partial charge on any atom is 0.162 e. The number of para-hydroxylation sites is 1. The van der Waals surface area contributed by atoms with Crippen LogP contribution in [-0.2, 0) is 10.3 Å². The van der Waals surface area contributed by atoms with Crippen molar-refractivity contribution < 1.29 is 4.74 Å². The van der Waals surface area contributed by atoms with E-state index < -0.39 is 5.60 Å². The summed E-state index contributed by atoms with van der Waals surface area (Å²) in [4.78, 5) is 4.96. The van der Waals surface area contributed by atoms with E-state index >= 15 is 0 Å². The van der Waals surface area contributed by atoms with E-state index in [0.29, 0.717) is 0 Å². The second-order valence-corrected chi connectivity index (χ2v) is 7.48. The van der Waals surface area contributed by atoms with Crippen molar-refractivity contribution >= 4 is 34.0 Å². The van der Waals surface area contributed by atoms with Crippen LogP contribution in [0.15, 0.2) is 77.8 Å². The van der Waals surface area contributed by atoms with Gasteiger partial charge in [0.05, 0.1) is 11.4 Å². The molecule has 3 heteroatoms. The number of fused-ring (bicyclic) bond motifs is 1. The van der Waals surface area contributed by atoms with Gasteiger partial charge in [0.2, 0.25) is 0 Å². The highest BCUT2D eigenvalue weighted by molar-refractivity contribution is 14.1. The smallest absolute Gasteiger partial charge is 0.162 e. The minimum Gasteiger partial charge on any atom is -0.362 e. The Morgan fingerprint density at radius 2 is 1.56 bits per heavy atom. The van der Waals surface area contributed by atoms with Crippen LogP contribution >= 0.6 is 22.6 Å². The highest BCUT2D eigenvalue weighted by Crippen LogP contribution is 2.47. The van der Waals surface area contributed by atoms with Gasteiger partial charge in [-0.2, -0.15) is 0 Å². The van der Waals surface area contributed by atoms with Crippen molar-refractivity contribution in [1.82, 2.24) is 0 Å². The average Bonchev–Trinajstić information content (AvgIpc) is 2.98. The van der Waals surface area contributed by atoms with Crippen LogP contribution in [0.3, 0.4) is 0 Å². The standard InChI is InChI=1S/C22H18INO/c1-15-7-9-16(10-8-15)21-22(25-2,17-11-13-18(23)14-12-17)19-5-3-4-6-20(19)24-21/h3-14H,1-2H3. The van der Waals surface area contributed by atoms with Crippen molar-refractivity contribution in [1.29, 1.82) is 0 Å². The minimum absolute atomic E-state index is 0.684. The quantitative estimate of drug-likeness (QED) is 0.486. The van der Waals surface area contributed by atoms with Crippen molar-refractivity contribution in [3.05, 3.63) is 98.6 Å². The fourth-order valence-electron chi connectivity index (χ4n) is 3.48. The van der Waals surface area contributed by atoms with Gasteiger partial charge in [-0.25, -0.2) is 4.99 Å². The summed E-state index contributed by atoms with van der Waals surface area (Å²) in [6.45, 7) is 2.09. The minimum atomic E-state index is -0.684. The van der Waals surface area contributed by atoms with Crippen LogP contribution < -0.4 is 0 Å². The molecule has 124 valence electrons. The zero-order chi connectivity index (χ0) is 17.4. The molecular formula is C22H18INO. The Labute approximate surface area is 161 Å². The molecule has 25 heavy (non-hydrogen) atoms. The lowest BCUT2D eigenvalue weighted by molar-refractivity contribution is 0.0868. The van der Waals surface area contributed by atoms with Gasteiger partial charge in [0, 0.05) is 16.2 Å². The number of nitrogens with zero attached hydrogens (tertiary/aromatic N) is 1. The number of aliphatic imine (C=N–C) groups is 1. The first kappa shape index (κ1) is 16.5. The zero-order valence-corrected chi connectivity index (χ0v) is 16.3.